The summed E-state index contributed by atoms with van der Waals surface area (Å²) < 4.78 is 25.7. The Morgan fingerprint density at radius 2 is 2.00 bits per heavy atom. The van der Waals surface area contributed by atoms with E-state index in [2.05, 4.69) is 0 Å². The van der Waals surface area contributed by atoms with Gasteiger partial charge >= 0.3 is 0 Å². The van der Waals surface area contributed by atoms with Crippen molar-refractivity contribution < 1.29 is 13.5 Å². The fourth-order valence-corrected chi connectivity index (χ4v) is 3.75. The molecule has 0 aromatic heterocycles. The van der Waals surface area contributed by atoms with Crippen molar-refractivity contribution in [2.75, 3.05) is 18.8 Å². The number of piperidine rings is 1. The Morgan fingerprint density at radius 1 is 1.28 bits per heavy atom. The Hall–Kier alpha value is -0.910. The molecule has 0 saturated carbocycles. The highest BCUT2D eigenvalue weighted by Gasteiger charge is 2.27. The highest BCUT2D eigenvalue weighted by molar-refractivity contribution is 7.89. The predicted octanol–water partition coefficient (Wildman–Crippen LogP) is 1.02. The quantitative estimate of drug-likeness (QED) is 0.887. The first-order valence-corrected chi connectivity index (χ1v) is 7.89. The van der Waals surface area contributed by atoms with E-state index in [0.717, 1.165) is 12.0 Å². The van der Waals surface area contributed by atoms with E-state index >= 15 is 0 Å². The number of hydrogen-bond acceptors (Lipinski definition) is 3. The fourth-order valence-electron chi connectivity index (χ4n) is 2.19. The minimum Gasteiger partial charge on any atom is -0.392 e. The molecule has 1 aromatic carbocycles. The van der Waals surface area contributed by atoms with Gasteiger partial charge in [0.05, 0.1) is 11.9 Å². The van der Waals surface area contributed by atoms with Gasteiger partial charge < -0.3 is 5.11 Å². The minimum atomic E-state index is -3.24. The largest absolute Gasteiger partial charge is 0.392 e. The van der Waals surface area contributed by atoms with Crippen LogP contribution in [0.2, 0.25) is 0 Å². The number of nitrogens with zero attached hydrogens (tertiary/aromatic N) is 1. The van der Waals surface area contributed by atoms with Gasteiger partial charge in [-0.15, -0.1) is 0 Å². The van der Waals surface area contributed by atoms with Gasteiger partial charge in [0.15, 0.2) is 0 Å². The van der Waals surface area contributed by atoms with Crippen LogP contribution in [0.4, 0.5) is 0 Å². The summed E-state index contributed by atoms with van der Waals surface area (Å²) in [5, 5.41) is 9.52. The molecule has 0 amide bonds. The standard InChI is InChI=1S/C13H19NO3S/c15-13-7-4-9-14(11-13)18(16,17)10-8-12-5-2-1-3-6-12/h1-3,5-6,13,15H,4,7-11H2. The number of benzene rings is 1. The zero-order valence-corrected chi connectivity index (χ0v) is 11.1. The predicted molar refractivity (Wildman–Crippen MR) is 70.7 cm³/mol. The zero-order chi connectivity index (χ0) is 13.0. The Balaban J connectivity index is 1.95. The lowest BCUT2D eigenvalue weighted by Crippen LogP contribution is -2.43. The number of aliphatic hydroxyl groups is 1. The van der Waals surface area contributed by atoms with Gasteiger partial charge in [0.25, 0.3) is 0 Å². The topological polar surface area (TPSA) is 57.6 Å². The first-order valence-electron chi connectivity index (χ1n) is 6.28. The molecule has 1 N–H and O–H groups in total. The molecule has 100 valence electrons. The van der Waals surface area contributed by atoms with Crippen LogP contribution in [0.1, 0.15) is 18.4 Å². The second-order valence-electron chi connectivity index (χ2n) is 4.71. The van der Waals surface area contributed by atoms with Gasteiger partial charge in [0, 0.05) is 13.1 Å². The summed E-state index contributed by atoms with van der Waals surface area (Å²) >= 11 is 0. The number of aryl methyl sites for hydroxylation is 1. The van der Waals surface area contributed by atoms with E-state index in [-0.39, 0.29) is 12.3 Å². The van der Waals surface area contributed by atoms with Crippen molar-refractivity contribution >= 4 is 10.0 Å². The van der Waals surface area contributed by atoms with Crippen LogP contribution in [-0.4, -0.2) is 42.8 Å². The second-order valence-corrected chi connectivity index (χ2v) is 6.79. The van der Waals surface area contributed by atoms with Gasteiger partial charge in [-0.2, -0.15) is 4.31 Å². The Bertz CT molecular complexity index is 472. The van der Waals surface area contributed by atoms with Gasteiger partial charge in [-0.1, -0.05) is 30.3 Å². The van der Waals surface area contributed by atoms with Gasteiger partial charge in [0.2, 0.25) is 10.0 Å². The third-order valence-electron chi connectivity index (χ3n) is 3.24. The molecule has 0 radical (unpaired) electrons. The SMILES string of the molecule is O=S(=O)(CCc1ccccc1)N1CCCC(O)C1. The lowest BCUT2D eigenvalue weighted by atomic mass is 10.1. The maximum Gasteiger partial charge on any atom is 0.214 e. The maximum absolute atomic E-state index is 12.1. The molecule has 2 rings (SSSR count). The van der Waals surface area contributed by atoms with Crippen LogP contribution in [0.25, 0.3) is 0 Å². The van der Waals surface area contributed by atoms with Crippen molar-refractivity contribution in [2.24, 2.45) is 0 Å². The molecule has 1 heterocycles. The molecule has 1 aromatic rings. The van der Waals surface area contributed by atoms with E-state index in [1.807, 2.05) is 30.3 Å². The molecule has 18 heavy (non-hydrogen) atoms. The second kappa shape index (κ2) is 5.82. The van der Waals surface area contributed by atoms with Gasteiger partial charge in [-0.3, -0.25) is 0 Å². The van der Waals surface area contributed by atoms with Crippen molar-refractivity contribution in [3.63, 3.8) is 0 Å². The third-order valence-corrected chi connectivity index (χ3v) is 5.08. The number of sulfonamides is 1. The zero-order valence-electron chi connectivity index (χ0n) is 10.3. The van der Waals surface area contributed by atoms with Crippen LogP contribution in [0, 0.1) is 0 Å². The Labute approximate surface area is 108 Å². The maximum atomic E-state index is 12.1. The number of aliphatic hydroxyl groups excluding tert-OH is 1. The molecule has 1 aliphatic heterocycles. The molecule has 1 saturated heterocycles. The molecule has 1 atom stereocenters. The van der Waals surface area contributed by atoms with Crippen molar-refractivity contribution in [1.29, 1.82) is 0 Å². The summed E-state index contributed by atoms with van der Waals surface area (Å²) in [5.74, 6) is 0.115. The molecule has 4 nitrogen and oxygen atoms in total. The van der Waals surface area contributed by atoms with Crippen molar-refractivity contribution in [3.05, 3.63) is 35.9 Å². The van der Waals surface area contributed by atoms with Crippen LogP contribution >= 0.6 is 0 Å². The molecule has 5 heteroatoms. The van der Waals surface area contributed by atoms with E-state index in [4.69, 9.17) is 0 Å². The molecule has 1 aliphatic rings. The van der Waals surface area contributed by atoms with Gasteiger partial charge in [0.1, 0.15) is 0 Å². The van der Waals surface area contributed by atoms with Crippen LogP contribution in [-0.2, 0) is 16.4 Å². The summed E-state index contributed by atoms with van der Waals surface area (Å²) in [5.41, 5.74) is 1.03. The van der Waals surface area contributed by atoms with Crippen molar-refractivity contribution in [2.45, 2.75) is 25.4 Å². The first-order chi connectivity index (χ1) is 8.58. The number of β-amino-alcohol motifs (C(OH)–C–C–N with tert-alkyl or cyclic N) is 1. The minimum absolute atomic E-state index is 0.115. The van der Waals surface area contributed by atoms with E-state index in [1.165, 1.54) is 4.31 Å². The third kappa shape index (κ3) is 3.54. The van der Waals surface area contributed by atoms with E-state index in [1.54, 1.807) is 0 Å². The molecule has 0 bridgehead atoms. The average molecular weight is 269 g/mol. The van der Waals surface area contributed by atoms with Crippen molar-refractivity contribution in [3.8, 4) is 0 Å². The molecule has 0 aliphatic carbocycles. The summed E-state index contributed by atoms with van der Waals surface area (Å²) in [7, 11) is -3.24. The van der Waals surface area contributed by atoms with Crippen molar-refractivity contribution in [1.82, 2.24) is 4.31 Å². The van der Waals surface area contributed by atoms with Gasteiger partial charge in [-0.05, 0) is 24.8 Å². The summed E-state index contributed by atoms with van der Waals surface area (Å²) in [4.78, 5) is 0. The molecular formula is C13H19NO3S. The van der Waals surface area contributed by atoms with E-state index in [0.29, 0.717) is 19.4 Å². The number of hydrogen-bond donors (Lipinski definition) is 1. The monoisotopic (exact) mass is 269 g/mol. The van der Waals surface area contributed by atoms with E-state index < -0.39 is 16.1 Å². The van der Waals surface area contributed by atoms with Crippen LogP contribution in [0.5, 0.6) is 0 Å². The molecule has 1 unspecified atom stereocenters. The van der Waals surface area contributed by atoms with Crippen LogP contribution in [0.3, 0.4) is 0 Å². The lowest BCUT2D eigenvalue weighted by Gasteiger charge is -2.29. The molecule has 0 spiro atoms. The summed E-state index contributed by atoms with van der Waals surface area (Å²) in [6.45, 7) is 0.783. The normalized spacial score (nSPS) is 21.9. The first kappa shape index (κ1) is 13.5. The highest BCUT2D eigenvalue weighted by Crippen LogP contribution is 2.15. The average Bonchev–Trinajstić information content (AvgIpc) is 2.38. The molecular weight excluding hydrogens is 250 g/mol. The van der Waals surface area contributed by atoms with Crippen LogP contribution in [0.15, 0.2) is 30.3 Å². The highest BCUT2D eigenvalue weighted by atomic mass is 32.2. The smallest absolute Gasteiger partial charge is 0.214 e. The molecule has 1 fully saturated rings. The lowest BCUT2D eigenvalue weighted by molar-refractivity contribution is 0.108. The Morgan fingerprint density at radius 3 is 2.67 bits per heavy atom. The fraction of sp³-hybridized carbons (Fsp3) is 0.538. The van der Waals surface area contributed by atoms with Crippen LogP contribution < -0.4 is 0 Å². The van der Waals surface area contributed by atoms with E-state index in [9.17, 15) is 13.5 Å². The summed E-state index contributed by atoms with van der Waals surface area (Å²) in [6.07, 6.45) is 1.46. The Kier molecular flexibility index (Phi) is 4.37. The van der Waals surface area contributed by atoms with Gasteiger partial charge in [-0.25, -0.2) is 8.42 Å². The summed E-state index contributed by atoms with van der Waals surface area (Å²) in [6, 6.07) is 9.60. The number of rotatable bonds is 4.